The highest BCUT2D eigenvalue weighted by Crippen LogP contribution is 2.25. The van der Waals surface area contributed by atoms with Crippen molar-refractivity contribution in [1.82, 2.24) is 24.3 Å². The summed E-state index contributed by atoms with van der Waals surface area (Å²) in [5.74, 6) is 1.13. The topological polar surface area (TPSA) is 120 Å². The molecule has 0 spiro atoms. The largest absolute Gasteiger partial charge is 0.378 e. The Labute approximate surface area is 239 Å². The van der Waals surface area contributed by atoms with E-state index in [1.54, 1.807) is 0 Å². The van der Waals surface area contributed by atoms with Crippen molar-refractivity contribution in [2.75, 3.05) is 83.3 Å². The Hall–Kier alpha value is -2.76. The zero-order chi connectivity index (χ0) is 28.2. The van der Waals surface area contributed by atoms with Gasteiger partial charge in [-0.3, -0.25) is 9.80 Å². The van der Waals surface area contributed by atoms with Crippen LogP contribution in [0.3, 0.4) is 0 Å². The number of anilines is 2. The number of ether oxygens (including phenoxy) is 2. The maximum atomic E-state index is 6.00. The van der Waals surface area contributed by atoms with Gasteiger partial charge in [-0.2, -0.15) is 4.98 Å². The molecule has 4 rings (SSSR count). The van der Waals surface area contributed by atoms with Crippen LogP contribution in [0.4, 0.5) is 11.8 Å². The van der Waals surface area contributed by atoms with E-state index in [-0.39, 0.29) is 0 Å². The zero-order valence-corrected chi connectivity index (χ0v) is 24.4. The van der Waals surface area contributed by atoms with E-state index in [0.29, 0.717) is 32.3 Å². The van der Waals surface area contributed by atoms with Gasteiger partial charge < -0.3 is 30.8 Å². The van der Waals surface area contributed by atoms with Crippen LogP contribution in [0.1, 0.15) is 42.9 Å². The number of piperazine rings is 1. The first-order valence-electron chi connectivity index (χ1n) is 14.8. The van der Waals surface area contributed by atoms with Crippen molar-refractivity contribution in [3.8, 4) is 0 Å². The van der Waals surface area contributed by atoms with Gasteiger partial charge in [-0.25, -0.2) is 4.98 Å². The van der Waals surface area contributed by atoms with Crippen LogP contribution < -0.4 is 16.8 Å². The van der Waals surface area contributed by atoms with E-state index >= 15 is 0 Å². The lowest BCUT2D eigenvalue weighted by molar-refractivity contribution is 0.0332. The summed E-state index contributed by atoms with van der Waals surface area (Å²) in [7, 11) is 0. The van der Waals surface area contributed by atoms with Crippen LogP contribution in [0.25, 0.3) is 11.0 Å². The molecule has 1 saturated heterocycles. The molecule has 220 valence electrons. The maximum Gasteiger partial charge on any atom is 0.222 e. The van der Waals surface area contributed by atoms with Crippen LogP contribution in [0, 0.1) is 6.92 Å². The first-order valence-corrected chi connectivity index (χ1v) is 14.8. The van der Waals surface area contributed by atoms with Gasteiger partial charge in [0.2, 0.25) is 5.95 Å². The average Bonchev–Trinajstić information content (AvgIpc) is 3.35. The Balaban J connectivity index is 1.27. The molecule has 3 aromatic rings. The molecule has 1 aliphatic rings. The summed E-state index contributed by atoms with van der Waals surface area (Å²) in [4.78, 5) is 14.0. The fourth-order valence-corrected chi connectivity index (χ4v) is 5.21. The van der Waals surface area contributed by atoms with E-state index in [9.17, 15) is 0 Å². The predicted octanol–water partition coefficient (Wildman–Crippen LogP) is 3.08. The summed E-state index contributed by atoms with van der Waals surface area (Å²) in [6.45, 7) is 15.5. The van der Waals surface area contributed by atoms with Gasteiger partial charge in [0, 0.05) is 65.1 Å². The Bertz CT molecular complexity index is 1180. The molecule has 0 bridgehead atoms. The number of unbranched alkanes of at least 4 members (excludes halogenated alkanes) is 2. The first-order chi connectivity index (χ1) is 19.6. The van der Waals surface area contributed by atoms with Crippen molar-refractivity contribution < 1.29 is 9.47 Å². The number of nitrogen functional groups attached to an aromatic ring is 1. The van der Waals surface area contributed by atoms with E-state index in [2.05, 4.69) is 67.9 Å². The van der Waals surface area contributed by atoms with E-state index in [0.717, 1.165) is 82.2 Å². The Morgan fingerprint density at radius 2 is 1.70 bits per heavy atom. The highest BCUT2D eigenvalue weighted by molar-refractivity contribution is 5.87. The summed E-state index contributed by atoms with van der Waals surface area (Å²) in [6, 6.07) is 8.91. The Morgan fingerprint density at radius 3 is 2.45 bits per heavy atom. The third-order valence-electron chi connectivity index (χ3n) is 7.51. The molecule has 0 saturated carbocycles. The minimum atomic E-state index is 0.307. The van der Waals surface area contributed by atoms with Crippen LogP contribution in [0.2, 0.25) is 0 Å². The van der Waals surface area contributed by atoms with Crippen LogP contribution in [0.5, 0.6) is 0 Å². The second-order valence-corrected chi connectivity index (χ2v) is 10.6. The van der Waals surface area contributed by atoms with Crippen LogP contribution in [-0.4, -0.2) is 96.6 Å². The maximum absolute atomic E-state index is 6.00. The van der Waals surface area contributed by atoms with Gasteiger partial charge in [0.15, 0.2) is 5.82 Å². The molecular weight excluding hydrogens is 504 g/mol. The average molecular weight is 553 g/mol. The van der Waals surface area contributed by atoms with Crippen molar-refractivity contribution in [1.29, 1.82) is 0 Å². The third-order valence-corrected chi connectivity index (χ3v) is 7.51. The van der Waals surface area contributed by atoms with Crippen molar-refractivity contribution in [2.45, 2.75) is 46.2 Å². The lowest BCUT2D eigenvalue weighted by Gasteiger charge is -2.34. The summed E-state index contributed by atoms with van der Waals surface area (Å²) in [5.41, 5.74) is 17.3. The van der Waals surface area contributed by atoms with Crippen molar-refractivity contribution in [2.24, 2.45) is 5.73 Å². The smallest absolute Gasteiger partial charge is 0.222 e. The molecule has 1 aromatic carbocycles. The van der Waals surface area contributed by atoms with E-state index in [4.69, 9.17) is 20.9 Å². The molecule has 3 heterocycles. The fourth-order valence-electron chi connectivity index (χ4n) is 5.21. The van der Waals surface area contributed by atoms with Crippen molar-refractivity contribution >= 4 is 22.8 Å². The number of nitrogens with zero attached hydrogens (tertiary/aromatic N) is 5. The van der Waals surface area contributed by atoms with Crippen molar-refractivity contribution in [3.05, 3.63) is 47.2 Å². The molecule has 1 aliphatic heterocycles. The summed E-state index contributed by atoms with van der Waals surface area (Å²) < 4.78 is 13.3. The minimum Gasteiger partial charge on any atom is -0.378 e. The van der Waals surface area contributed by atoms with Crippen LogP contribution >= 0.6 is 0 Å². The van der Waals surface area contributed by atoms with Crippen molar-refractivity contribution in [3.63, 3.8) is 0 Å². The molecule has 40 heavy (non-hydrogen) atoms. The molecule has 0 radical (unpaired) electrons. The van der Waals surface area contributed by atoms with Gasteiger partial charge >= 0.3 is 0 Å². The number of nitrogens with one attached hydrogen (secondary N) is 1. The van der Waals surface area contributed by atoms with Gasteiger partial charge in [-0.15, -0.1) is 0 Å². The molecule has 0 unspecified atom stereocenters. The van der Waals surface area contributed by atoms with E-state index in [1.807, 2.05) is 6.07 Å². The van der Waals surface area contributed by atoms with E-state index < -0.39 is 0 Å². The summed E-state index contributed by atoms with van der Waals surface area (Å²) in [5, 5.41) is 3.49. The highest BCUT2D eigenvalue weighted by Gasteiger charge is 2.17. The van der Waals surface area contributed by atoms with E-state index in [1.165, 1.54) is 29.5 Å². The number of hydrogen-bond donors (Lipinski definition) is 3. The number of hydrogen-bond acceptors (Lipinski definition) is 9. The monoisotopic (exact) mass is 552 g/mol. The molecule has 2 aromatic heterocycles. The number of aryl methyl sites for hydroxylation is 1. The van der Waals surface area contributed by atoms with Gasteiger partial charge in [0.1, 0.15) is 5.52 Å². The molecule has 5 N–H and O–H groups in total. The minimum absolute atomic E-state index is 0.307. The second-order valence-electron chi connectivity index (χ2n) is 10.6. The number of aromatic nitrogens is 3. The standard InChI is InChI=1S/C30H48N8O2/c1-3-4-5-10-33-29-28-27(34-30(32)35-29)8-11-38(28)23-26-7-6-25(21-24(26)2)22-37-14-12-36(13-15-37)16-18-40-20-19-39-17-9-31/h6-8,11,21H,3-5,9-10,12-20,22-23,31H2,1-2H3,(H3,32,33,34,35). The van der Waals surface area contributed by atoms with Gasteiger partial charge in [0.25, 0.3) is 0 Å². The SMILES string of the molecule is CCCCCNc1nc(N)nc2ccn(Cc3ccc(CN4CCN(CCOCCOCCN)CC4)cc3C)c12. The van der Waals surface area contributed by atoms with Crippen LogP contribution in [-0.2, 0) is 22.6 Å². The Kier molecular flexibility index (Phi) is 12.0. The lowest BCUT2D eigenvalue weighted by atomic mass is 10.0. The summed E-state index contributed by atoms with van der Waals surface area (Å²) >= 11 is 0. The molecule has 0 amide bonds. The van der Waals surface area contributed by atoms with Gasteiger partial charge in [-0.05, 0) is 36.1 Å². The molecule has 10 nitrogen and oxygen atoms in total. The number of rotatable bonds is 17. The molecular formula is C30H48N8O2. The predicted molar refractivity (Wildman–Crippen MR) is 163 cm³/mol. The first kappa shape index (κ1) is 30.2. The quantitative estimate of drug-likeness (QED) is 0.217. The summed E-state index contributed by atoms with van der Waals surface area (Å²) in [6.07, 6.45) is 5.58. The van der Waals surface area contributed by atoms with Crippen LogP contribution in [0.15, 0.2) is 30.5 Å². The van der Waals surface area contributed by atoms with Gasteiger partial charge in [-0.1, -0.05) is 38.0 Å². The molecule has 0 aliphatic carbocycles. The normalized spacial score (nSPS) is 14.8. The highest BCUT2D eigenvalue weighted by atomic mass is 16.5. The zero-order valence-electron chi connectivity index (χ0n) is 24.4. The second kappa shape index (κ2) is 15.9. The molecule has 1 fully saturated rings. The fraction of sp³-hybridized carbons (Fsp3) is 0.600. The lowest BCUT2D eigenvalue weighted by Crippen LogP contribution is -2.46. The Morgan fingerprint density at radius 1 is 0.925 bits per heavy atom. The molecule has 10 heteroatoms. The van der Waals surface area contributed by atoms with Gasteiger partial charge in [0.05, 0.1) is 31.9 Å². The molecule has 0 atom stereocenters. The number of nitrogens with two attached hydrogens (primary N) is 2. The number of benzene rings is 1. The third kappa shape index (κ3) is 8.87. The number of fused-ring (bicyclic) bond motifs is 1.